The van der Waals surface area contributed by atoms with Crippen molar-refractivity contribution in [3.63, 3.8) is 0 Å². The van der Waals surface area contributed by atoms with Gasteiger partial charge in [-0.15, -0.1) is 0 Å². The molecule has 1 saturated carbocycles. The summed E-state index contributed by atoms with van der Waals surface area (Å²) >= 11 is 0. The van der Waals surface area contributed by atoms with Gasteiger partial charge in [-0.25, -0.2) is 17.2 Å². The zero-order valence-corrected chi connectivity index (χ0v) is 23.5. The van der Waals surface area contributed by atoms with Crippen LogP contribution in [0, 0.1) is 17.7 Å². The number of aryl methyl sites for hydroxylation is 1. The van der Waals surface area contributed by atoms with Crippen LogP contribution in [-0.4, -0.2) is 55.9 Å². The SMILES string of the molecule is O=C(C(O)C1CCCCC1)N1CC2CCc3cc(C(F)(C(F)(F)F)C(F)(F)F)ccc3C2(S(=O)(=O)c2ccc(F)cc2)C1. The number of sulfone groups is 1. The van der Waals surface area contributed by atoms with Gasteiger partial charge in [-0.3, -0.25) is 4.79 Å². The van der Waals surface area contributed by atoms with E-state index in [4.69, 9.17) is 0 Å². The van der Waals surface area contributed by atoms with Crippen LogP contribution in [0.5, 0.6) is 0 Å². The topological polar surface area (TPSA) is 74.7 Å². The van der Waals surface area contributed by atoms with Gasteiger partial charge in [0.05, 0.1) is 4.90 Å². The first-order valence-electron chi connectivity index (χ1n) is 13.9. The van der Waals surface area contributed by atoms with Crippen molar-refractivity contribution >= 4 is 15.7 Å². The standard InChI is InChI=1S/C29H29F8NO4S/c30-21-9-11-22(12-10-21)43(41,42)26-16-38(25(40)24(39)17-4-2-1-3-5-17)15-20(26)7-6-18-14-19(8-13-23(18)26)27(31,28(32,33)34)29(35,36)37/h8-14,17,20,24,39H,1-7,15-16H2. The molecule has 0 radical (unpaired) electrons. The van der Waals surface area contributed by atoms with Crippen LogP contribution in [0.1, 0.15) is 55.2 Å². The summed E-state index contributed by atoms with van der Waals surface area (Å²) in [5, 5.41) is 10.9. The number of hydrogen-bond donors (Lipinski definition) is 1. The zero-order valence-electron chi connectivity index (χ0n) is 22.7. The molecule has 1 saturated heterocycles. The van der Waals surface area contributed by atoms with E-state index in [1.165, 1.54) is 4.90 Å². The van der Waals surface area contributed by atoms with Gasteiger partial charge < -0.3 is 10.0 Å². The average Bonchev–Trinajstić information content (AvgIpc) is 3.37. The van der Waals surface area contributed by atoms with Gasteiger partial charge in [0.25, 0.3) is 5.91 Å². The number of fused-ring (bicyclic) bond motifs is 3. The van der Waals surface area contributed by atoms with Gasteiger partial charge in [0, 0.05) is 24.6 Å². The molecule has 2 aromatic rings. The summed E-state index contributed by atoms with van der Waals surface area (Å²) in [6.45, 7) is -0.700. The molecule has 5 nitrogen and oxygen atoms in total. The summed E-state index contributed by atoms with van der Waals surface area (Å²) in [4.78, 5) is 14.3. The Morgan fingerprint density at radius 2 is 1.51 bits per heavy atom. The van der Waals surface area contributed by atoms with Crippen LogP contribution in [0.2, 0.25) is 0 Å². The highest BCUT2D eigenvalue weighted by Crippen LogP contribution is 2.56. The monoisotopic (exact) mass is 639 g/mol. The molecule has 1 heterocycles. The lowest BCUT2D eigenvalue weighted by Gasteiger charge is -2.40. The van der Waals surface area contributed by atoms with E-state index in [0.717, 1.165) is 49.6 Å². The van der Waals surface area contributed by atoms with Crippen molar-refractivity contribution in [2.24, 2.45) is 11.8 Å². The molecule has 0 spiro atoms. The van der Waals surface area contributed by atoms with Crippen molar-refractivity contribution in [1.82, 2.24) is 4.90 Å². The molecule has 43 heavy (non-hydrogen) atoms. The van der Waals surface area contributed by atoms with Crippen LogP contribution in [-0.2, 0) is 31.5 Å². The van der Waals surface area contributed by atoms with E-state index in [1.807, 2.05) is 0 Å². The number of aliphatic hydroxyl groups is 1. The van der Waals surface area contributed by atoms with Crippen molar-refractivity contribution in [2.75, 3.05) is 13.1 Å². The van der Waals surface area contributed by atoms with Crippen molar-refractivity contribution < 1.29 is 53.4 Å². The minimum Gasteiger partial charge on any atom is -0.383 e. The van der Waals surface area contributed by atoms with Crippen molar-refractivity contribution in [1.29, 1.82) is 0 Å². The van der Waals surface area contributed by atoms with Crippen LogP contribution in [0.15, 0.2) is 47.4 Å². The molecule has 0 bridgehead atoms. The molecule has 2 aliphatic carbocycles. The molecular formula is C29H29F8NO4S. The van der Waals surface area contributed by atoms with E-state index in [0.29, 0.717) is 18.9 Å². The number of nitrogens with zero attached hydrogens (tertiary/aromatic N) is 1. The Morgan fingerprint density at radius 1 is 0.907 bits per heavy atom. The summed E-state index contributed by atoms with van der Waals surface area (Å²) < 4.78 is 136. The first kappa shape index (κ1) is 31.7. The van der Waals surface area contributed by atoms with Crippen LogP contribution in [0.4, 0.5) is 35.1 Å². The van der Waals surface area contributed by atoms with Gasteiger partial charge in [0.15, 0.2) is 9.84 Å². The largest absolute Gasteiger partial charge is 0.435 e. The fourth-order valence-corrected chi connectivity index (χ4v) is 9.41. The molecule has 5 rings (SSSR count). The lowest BCUT2D eigenvalue weighted by atomic mass is 9.75. The van der Waals surface area contributed by atoms with Gasteiger partial charge in [0.2, 0.25) is 0 Å². The van der Waals surface area contributed by atoms with E-state index in [2.05, 4.69) is 0 Å². The smallest absolute Gasteiger partial charge is 0.383 e. The summed E-state index contributed by atoms with van der Waals surface area (Å²) in [6.07, 6.45) is -10.6. The van der Waals surface area contributed by atoms with Gasteiger partial charge in [-0.1, -0.05) is 37.5 Å². The molecule has 0 aromatic heterocycles. The van der Waals surface area contributed by atoms with E-state index in [1.54, 1.807) is 0 Å². The van der Waals surface area contributed by atoms with Crippen LogP contribution in [0.25, 0.3) is 0 Å². The number of benzene rings is 2. The Kier molecular flexibility index (Phi) is 7.89. The Bertz CT molecular complexity index is 1470. The van der Waals surface area contributed by atoms with E-state index < -0.39 is 68.5 Å². The number of halogens is 8. The van der Waals surface area contributed by atoms with Gasteiger partial charge in [0.1, 0.15) is 16.7 Å². The van der Waals surface area contributed by atoms with Crippen molar-refractivity contribution in [2.45, 2.75) is 78.7 Å². The second-order valence-electron chi connectivity index (χ2n) is 11.7. The maximum absolute atomic E-state index is 15.0. The lowest BCUT2D eigenvalue weighted by molar-refractivity contribution is -0.348. The average molecular weight is 640 g/mol. The number of likely N-dealkylation sites (tertiary alicyclic amines) is 1. The quantitative estimate of drug-likeness (QED) is 0.316. The first-order valence-corrected chi connectivity index (χ1v) is 15.4. The number of hydrogen-bond acceptors (Lipinski definition) is 4. The Hall–Kier alpha value is -2.74. The first-order chi connectivity index (χ1) is 19.9. The van der Waals surface area contributed by atoms with E-state index in [-0.39, 0.29) is 47.4 Å². The second kappa shape index (κ2) is 10.7. The Morgan fingerprint density at radius 3 is 2.09 bits per heavy atom. The highest BCUT2D eigenvalue weighted by molar-refractivity contribution is 7.92. The number of alkyl halides is 7. The summed E-state index contributed by atoms with van der Waals surface area (Å²) in [6, 6.07) is 5.19. The lowest BCUT2D eigenvalue weighted by Crippen LogP contribution is -2.51. The maximum Gasteiger partial charge on any atom is 0.435 e. The molecule has 1 amide bonds. The molecular weight excluding hydrogens is 610 g/mol. The molecule has 3 atom stereocenters. The summed E-state index contributed by atoms with van der Waals surface area (Å²) in [7, 11) is -4.59. The molecule has 14 heteroatoms. The van der Waals surface area contributed by atoms with Crippen molar-refractivity contribution in [3.05, 3.63) is 65.0 Å². The molecule has 1 aliphatic heterocycles. The molecule has 2 fully saturated rings. The van der Waals surface area contributed by atoms with Gasteiger partial charge >= 0.3 is 18.0 Å². The molecule has 236 valence electrons. The van der Waals surface area contributed by atoms with E-state index in [9.17, 15) is 53.4 Å². The number of rotatable bonds is 5. The normalized spacial score (nSPS) is 24.4. The van der Waals surface area contributed by atoms with Crippen LogP contribution < -0.4 is 0 Å². The van der Waals surface area contributed by atoms with E-state index >= 15 is 0 Å². The fourth-order valence-electron chi connectivity index (χ4n) is 7.05. The number of amides is 1. The molecule has 3 aliphatic rings. The minimum atomic E-state index is -6.36. The van der Waals surface area contributed by atoms with Gasteiger partial charge in [-0.05, 0) is 67.0 Å². The van der Waals surface area contributed by atoms with Crippen LogP contribution >= 0.6 is 0 Å². The molecule has 2 aromatic carbocycles. The fraction of sp³-hybridized carbons (Fsp3) is 0.552. The zero-order chi connectivity index (χ0) is 31.6. The van der Waals surface area contributed by atoms with Crippen LogP contribution in [0.3, 0.4) is 0 Å². The third-order valence-corrected chi connectivity index (χ3v) is 11.8. The summed E-state index contributed by atoms with van der Waals surface area (Å²) in [5.74, 6) is -2.68. The molecule has 3 unspecified atom stereocenters. The highest BCUT2D eigenvalue weighted by Gasteiger charge is 2.73. The van der Waals surface area contributed by atoms with Crippen molar-refractivity contribution in [3.8, 4) is 0 Å². The number of carbonyl (C=O) groups excluding carboxylic acids is 1. The predicted molar refractivity (Wildman–Crippen MR) is 138 cm³/mol. The summed E-state index contributed by atoms with van der Waals surface area (Å²) in [5.41, 5.74) is -7.85. The third kappa shape index (κ3) is 4.92. The highest BCUT2D eigenvalue weighted by atomic mass is 32.2. The number of aliphatic hydroxyl groups excluding tert-OH is 1. The Labute approximate surface area is 242 Å². The third-order valence-electron chi connectivity index (χ3n) is 9.29. The number of carbonyl (C=O) groups is 1. The Balaban J connectivity index is 1.64. The predicted octanol–water partition coefficient (Wildman–Crippen LogP) is 6.13. The minimum absolute atomic E-state index is 0.0719. The van der Waals surface area contributed by atoms with Gasteiger partial charge in [-0.2, -0.15) is 26.3 Å². The molecule has 1 N–H and O–H groups in total. The second-order valence-corrected chi connectivity index (χ2v) is 13.9. The maximum atomic E-state index is 15.0.